The fourth-order valence-corrected chi connectivity index (χ4v) is 5.88. The number of halogens is 3. The summed E-state index contributed by atoms with van der Waals surface area (Å²) < 4.78 is 10.6. The van der Waals surface area contributed by atoms with Crippen molar-refractivity contribution in [1.82, 2.24) is 0 Å². The number of ether oxygens (including phenoxy) is 2. The van der Waals surface area contributed by atoms with E-state index in [1.165, 1.54) is 12.1 Å². The molecule has 1 aromatic rings. The predicted molar refractivity (Wildman–Crippen MR) is 92.9 cm³/mol. The van der Waals surface area contributed by atoms with E-state index in [0.717, 1.165) is 6.42 Å². The Kier molecular flexibility index (Phi) is 4.33. The Morgan fingerprint density at radius 1 is 1.28 bits per heavy atom. The largest absolute Gasteiger partial charge is 0.461 e. The van der Waals surface area contributed by atoms with Crippen molar-refractivity contribution >= 4 is 56.9 Å². The fraction of sp³-hybridized carbons (Fsp3) is 0.471. The van der Waals surface area contributed by atoms with E-state index in [0.29, 0.717) is 5.02 Å². The van der Waals surface area contributed by atoms with Crippen LogP contribution in [0.4, 0.5) is 0 Å². The van der Waals surface area contributed by atoms with Crippen molar-refractivity contribution in [3.8, 4) is 0 Å². The van der Waals surface area contributed by atoms with Gasteiger partial charge in [0.25, 0.3) is 0 Å². The summed E-state index contributed by atoms with van der Waals surface area (Å²) in [6.45, 7) is -0.424. The molecule has 3 aliphatic rings. The van der Waals surface area contributed by atoms with Crippen LogP contribution < -0.4 is 0 Å². The van der Waals surface area contributed by atoms with Crippen LogP contribution in [0.2, 0.25) is 10.0 Å². The zero-order valence-corrected chi connectivity index (χ0v) is 15.9. The maximum absolute atomic E-state index is 12.5. The van der Waals surface area contributed by atoms with Crippen LogP contribution in [0.25, 0.3) is 0 Å². The number of carbonyl (C=O) groups is 3. The minimum Gasteiger partial charge on any atom is -0.461 e. The van der Waals surface area contributed by atoms with Crippen LogP contribution in [-0.4, -0.2) is 35.3 Å². The first-order valence-corrected chi connectivity index (χ1v) is 9.55. The van der Waals surface area contributed by atoms with Crippen LogP contribution in [0.5, 0.6) is 0 Å². The van der Waals surface area contributed by atoms with Gasteiger partial charge in [-0.05, 0) is 30.5 Å². The highest BCUT2D eigenvalue weighted by atomic mass is 79.9. The normalized spacial score (nSPS) is 34.9. The van der Waals surface area contributed by atoms with Gasteiger partial charge in [0.05, 0.1) is 21.7 Å². The van der Waals surface area contributed by atoms with E-state index in [9.17, 15) is 14.4 Å². The van der Waals surface area contributed by atoms with E-state index in [1.54, 1.807) is 6.07 Å². The molecule has 1 saturated heterocycles. The summed E-state index contributed by atoms with van der Waals surface area (Å²) in [7, 11) is 0. The standard InChI is InChI=1S/C17H13BrCl2O5/c18-14-8-4-9-13(17(23)25-15(9)14)12(8)16(22)24-5-11(21)7-2-1-6(19)3-10(7)20/h1-3,8-9,12-15H,4-5H2/t8-,9+,12+,13-,14+,15-/m0/s1. The van der Waals surface area contributed by atoms with Gasteiger partial charge in [0, 0.05) is 16.5 Å². The topological polar surface area (TPSA) is 69.7 Å². The summed E-state index contributed by atoms with van der Waals surface area (Å²) in [5, 5.41) is 0.620. The second-order valence-electron chi connectivity index (χ2n) is 6.62. The van der Waals surface area contributed by atoms with E-state index in [-0.39, 0.29) is 39.3 Å². The van der Waals surface area contributed by atoms with Crippen molar-refractivity contribution in [2.75, 3.05) is 6.61 Å². The van der Waals surface area contributed by atoms with Gasteiger partial charge in [-0.1, -0.05) is 39.1 Å². The summed E-state index contributed by atoms with van der Waals surface area (Å²) in [6, 6.07) is 4.49. The lowest BCUT2D eigenvalue weighted by Gasteiger charge is -2.26. The number of hydrogen-bond acceptors (Lipinski definition) is 5. The molecular formula is C17H13BrCl2O5. The Hall–Kier alpha value is -1.11. The number of esters is 2. The first kappa shape index (κ1) is 17.3. The second-order valence-corrected chi connectivity index (χ2v) is 8.52. The van der Waals surface area contributed by atoms with Gasteiger partial charge in [0.15, 0.2) is 6.61 Å². The van der Waals surface area contributed by atoms with Crippen LogP contribution in [-0.2, 0) is 19.1 Å². The highest BCUT2D eigenvalue weighted by Crippen LogP contribution is 2.60. The Balaban J connectivity index is 1.44. The molecule has 0 unspecified atom stereocenters. The zero-order chi connectivity index (χ0) is 17.9. The van der Waals surface area contributed by atoms with E-state index < -0.39 is 30.2 Å². The number of Topliss-reactive ketones (excluding diaryl/α,β-unsaturated/α-hetero) is 1. The van der Waals surface area contributed by atoms with Crippen molar-refractivity contribution in [1.29, 1.82) is 0 Å². The molecule has 1 aromatic carbocycles. The molecular weight excluding hydrogens is 435 g/mol. The molecule has 5 nitrogen and oxygen atoms in total. The Morgan fingerprint density at radius 2 is 2.04 bits per heavy atom. The van der Waals surface area contributed by atoms with Gasteiger partial charge in [-0.15, -0.1) is 0 Å². The number of benzene rings is 1. The summed E-state index contributed by atoms with van der Waals surface area (Å²) in [6.07, 6.45) is 0.606. The lowest BCUT2D eigenvalue weighted by atomic mass is 9.80. The third-order valence-corrected chi connectivity index (χ3v) is 7.12. The molecule has 25 heavy (non-hydrogen) atoms. The predicted octanol–water partition coefficient (Wildman–Crippen LogP) is 3.29. The number of hydrogen-bond donors (Lipinski definition) is 0. The van der Waals surface area contributed by atoms with Gasteiger partial charge in [0.1, 0.15) is 6.10 Å². The molecule has 2 saturated carbocycles. The van der Waals surface area contributed by atoms with Crippen molar-refractivity contribution in [2.24, 2.45) is 23.7 Å². The minimum atomic E-state index is -0.561. The summed E-state index contributed by atoms with van der Waals surface area (Å²) in [5.74, 6) is -2.25. The van der Waals surface area contributed by atoms with E-state index >= 15 is 0 Å². The van der Waals surface area contributed by atoms with Crippen molar-refractivity contribution in [3.05, 3.63) is 33.8 Å². The number of ketones is 1. The Morgan fingerprint density at radius 3 is 2.76 bits per heavy atom. The number of rotatable bonds is 4. The smallest absolute Gasteiger partial charge is 0.310 e. The summed E-state index contributed by atoms with van der Waals surface area (Å²) in [5.41, 5.74) is 0.241. The molecule has 0 N–H and O–H groups in total. The molecule has 8 heteroatoms. The second kappa shape index (κ2) is 6.25. The van der Waals surface area contributed by atoms with Crippen molar-refractivity contribution < 1.29 is 23.9 Å². The molecule has 1 aliphatic heterocycles. The highest BCUT2D eigenvalue weighted by molar-refractivity contribution is 9.09. The molecule has 2 aliphatic carbocycles. The van der Waals surface area contributed by atoms with Crippen LogP contribution in [0.15, 0.2) is 18.2 Å². The lowest BCUT2D eigenvalue weighted by Crippen LogP contribution is -2.39. The fourth-order valence-electron chi connectivity index (χ4n) is 4.32. The summed E-state index contributed by atoms with van der Waals surface area (Å²) >= 11 is 15.3. The SMILES string of the molecule is O=C(COC(=O)[C@@H]1[C@@H]2C[C@H]3[C@H](OC(=O)[C@@H]31)[C@@H]2Br)c1ccc(Cl)cc1Cl. The lowest BCUT2D eigenvalue weighted by molar-refractivity contribution is -0.154. The maximum Gasteiger partial charge on any atom is 0.310 e. The molecule has 2 bridgehead atoms. The van der Waals surface area contributed by atoms with Crippen LogP contribution >= 0.6 is 39.1 Å². The maximum atomic E-state index is 12.5. The molecule has 1 heterocycles. The zero-order valence-electron chi connectivity index (χ0n) is 12.8. The first-order valence-electron chi connectivity index (χ1n) is 7.88. The first-order chi connectivity index (χ1) is 11.9. The van der Waals surface area contributed by atoms with Crippen LogP contribution in [0, 0.1) is 23.7 Å². The molecule has 0 radical (unpaired) electrons. The van der Waals surface area contributed by atoms with Gasteiger partial charge in [-0.25, -0.2) is 0 Å². The monoisotopic (exact) mass is 446 g/mol. The van der Waals surface area contributed by atoms with E-state index in [1.807, 2.05) is 0 Å². The van der Waals surface area contributed by atoms with Gasteiger partial charge in [-0.3, -0.25) is 14.4 Å². The molecule has 6 atom stereocenters. The average Bonchev–Trinajstić information content (AvgIpc) is 3.16. The average molecular weight is 448 g/mol. The van der Waals surface area contributed by atoms with Gasteiger partial charge in [-0.2, -0.15) is 0 Å². The summed E-state index contributed by atoms with van der Waals surface area (Å²) in [4.78, 5) is 36.8. The van der Waals surface area contributed by atoms with Gasteiger partial charge < -0.3 is 9.47 Å². The van der Waals surface area contributed by atoms with E-state index in [4.69, 9.17) is 32.7 Å². The Bertz CT molecular complexity index is 782. The van der Waals surface area contributed by atoms with Crippen LogP contribution in [0.3, 0.4) is 0 Å². The molecule has 0 spiro atoms. The quantitative estimate of drug-likeness (QED) is 0.402. The van der Waals surface area contributed by atoms with Gasteiger partial charge in [0.2, 0.25) is 5.78 Å². The third kappa shape index (κ3) is 2.69. The number of fused-ring (bicyclic) bond motifs is 1. The molecule has 4 rings (SSSR count). The van der Waals surface area contributed by atoms with Crippen molar-refractivity contribution in [2.45, 2.75) is 17.4 Å². The van der Waals surface area contributed by atoms with Crippen molar-refractivity contribution in [3.63, 3.8) is 0 Å². The third-order valence-electron chi connectivity index (χ3n) is 5.37. The Labute approximate surface area is 162 Å². The highest BCUT2D eigenvalue weighted by Gasteiger charge is 2.68. The molecule has 3 fully saturated rings. The van der Waals surface area contributed by atoms with E-state index in [2.05, 4.69) is 15.9 Å². The minimum absolute atomic E-state index is 0.00632. The molecule has 0 amide bonds. The molecule has 0 aromatic heterocycles. The van der Waals surface area contributed by atoms with Crippen LogP contribution in [0.1, 0.15) is 16.8 Å². The molecule has 132 valence electrons. The number of alkyl halides is 1. The van der Waals surface area contributed by atoms with Gasteiger partial charge >= 0.3 is 11.9 Å². The number of carbonyl (C=O) groups excluding carboxylic acids is 3.